The number of benzene rings is 1. The molecule has 1 amide bonds. The van der Waals surface area contributed by atoms with Gasteiger partial charge in [-0.15, -0.1) is 0 Å². The second-order valence-corrected chi connectivity index (χ2v) is 5.02. The van der Waals surface area contributed by atoms with Gasteiger partial charge in [-0.3, -0.25) is 4.79 Å². The number of aliphatic carboxylic acids is 1. The summed E-state index contributed by atoms with van der Waals surface area (Å²) in [5, 5.41) is 11.6. The third-order valence-corrected chi connectivity index (χ3v) is 3.37. The topological polar surface area (TPSA) is 84.9 Å². The van der Waals surface area contributed by atoms with Gasteiger partial charge in [-0.2, -0.15) is 0 Å². The molecule has 8 heteroatoms. The number of rotatable bonds is 5. The Morgan fingerprint density at radius 3 is 2.68 bits per heavy atom. The van der Waals surface area contributed by atoms with E-state index in [9.17, 15) is 23.5 Å². The van der Waals surface area contributed by atoms with Crippen LogP contribution >= 0.6 is 0 Å². The average Bonchev–Trinajstić information content (AvgIpc) is 2.92. The van der Waals surface area contributed by atoms with Crippen molar-refractivity contribution in [3.8, 4) is 5.75 Å². The lowest BCUT2D eigenvalue weighted by atomic mass is 9.98. The molecule has 1 heterocycles. The molecule has 0 aliphatic carbocycles. The van der Waals surface area contributed by atoms with Crippen molar-refractivity contribution in [2.45, 2.75) is 25.0 Å². The van der Waals surface area contributed by atoms with Crippen LogP contribution in [0.2, 0.25) is 0 Å². The number of carboxylic acids is 1. The number of nitrogens with one attached hydrogen (secondary N) is 1. The summed E-state index contributed by atoms with van der Waals surface area (Å²) in [5.74, 6) is -4.04. The first-order chi connectivity index (χ1) is 10.3. The fourth-order valence-electron chi connectivity index (χ4n) is 2.03. The molecule has 1 aromatic carbocycles. The summed E-state index contributed by atoms with van der Waals surface area (Å²) >= 11 is 0. The zero-order valence-electron chi connectivity index (χ0n) is 11.8. The molecule has 120 valence electrons. The van der Waals surface area contributed by atoms with Crippen molar-refractivity contribution in [3.05, 3.63) is 29.8 Å². The third kappa shape index (κ3) is 3.33. The van der Waals surface area contributed by atoms with Crippen LogP contribution in [0.4, 0.5) is 8.78 Å². The van der Waals surface area contributed by atoms with Crippen LogP contribution in [0.3, 0.4) is 0 Å². The van der Waals surface area contributed by atoms with Crippen molar-refractivity contribution in [1.29, 1.82) is 0 Å². The second-order valence-electron chi connectivity index (χ2n) is 5.02. The van der Waals surface area contributed by atoms with Gasteiger partial charge in [-0.05, 0) is 19.1 Å². The molecule has 0 aromatic heterocycles. The zero-order chi connectivity index (χ0) is 16.3. The van der Waals surface area contributed by atoms with Crippen molar-refractivity contribution < 1.29 is 33.0 Å². The number of carbonyl (C=O) groups excluding carboxylic acids is 1. The molecule has 1 aromatic rings. The Morgan fingerprint density at radius 2 is 2.14 bits per heavy atom. The minimum absolute atomic E-state index is 0.0337. The summed E-state index contributed by atoms with van der Waals surface area (Å²) in [6.45, 7) is 1.47. The molecule has 0 spiro atoms. The van der Waals surface area contributed by atoms with Gasteiger partial charge in [0, 0.05) is 19.1 Å². The molecule has 0 bridgehead atoms. The summed E-state index contributed by atoms with van der Waals surface area (Å²) in [6, 6.07) is 2.86. The van der Waals surface area contributed by atoms with Crippen LogP contribution in [0.25, 0.3) is 0 Å². The van der Waals surface area contributed by atoms with Gasteiger partial charge in [0.1, 0.15) is 5.75 Å². The molecule has 2 N–H and O–H groups in total. The third-order valence-electron chi connectivity index (χ3n) is 3.37. The molecular weight excluding hydrogens is 300 g/mol. The fourth-order valence-corrected chi connectivity index (χ4v) is 2.03. The lowest BCUT2D eigenvalue weighted by Crippen LogP contribution is -2.57. The number of hydrogen-bond acceptors (Lipinski definition) is 4. The molecular formula is C14H15F2NO5. The number of hydrogen-bond donors (Lipinski definition) is 2. The second kappa shape index (κ2) is 6.27. The van der Waals surface area contributed by atoms with Crippen LogP contribution in [0, 0.1) is 11.6 Å². The van der Waals surface area contributed by atoms with E-state index >= 15 is 0 Å². The van der Waals surface area contributed by atoms with E-state index in [0.29, 0.717) is 0 Å². The molecule has 6 nitrogen and oxygen atoms in total. The summed E-state index contributed by atoms with van der Waals surface area (Å²) in [4.78, 5) is 23.3. The van der Waals surface area contributed by atoms with Gasteiger partial charge in [0.2, 0.25) is 0 Å². The van der Waals surface area contributed by atoms with Gasteiger partial charge in [0.05, 0.1) is 6.61 Å². The Bertz CT molecular complexity index is 587. The first-order valence-electron chi connectivity index (χ1n) is 6.59. The minimum atomic E-state index is -1.48. The van der Waals surface area contributed by atoms with Crippen molar-refractivity contribution in [3.63, 3.8) is 0 Å². The molecule has 1 aliphatic heterocycles. The lowest BCUT2D eigenvalue weighted by Gasteiger charge is -2.25. The van der Waals surface area contributed by atoms with Gasteiger partial charge in [-0.1, -0.05) is 0 Å². The first kappa shape index (κ1) is 16.2. The molecule has 0 saturated carbocycles. The maximum atomic E-state index is 13.1. The molecule has 0 radical (unpaired) electrons. The quantitative estimate of drug-likeness (QED) is 0.850. The highest BCUT2D eigenvalue weighted by molar-refractivity contribution is 5.89. The molecule has 2 atom stereocenters. The molecule has 22 heavy (non-hydrogen) atoms. The number of carboxylic acid groups (broad SMARTS) is 1. The standard InChI is InChI=1S/C14H15F2NO5/c1-8(22-9-2-3-10(15)11(16)6-9)12(18)17-14(13(19)20)4-5-21-7-14/h2-3,6,8H,4-5,7H2,1H3,(H,17,18)(H,19,20). The summed E-state index contributed by atoms with van der Waals surface area (Å²) < 4.78 is 36.1. The Hall–Kier alpha value is -2.22. The summed E-state index contributed by atoms with van der Waals surface area (Å²) in [6.07, 6.45) is -0.937. The van der Waals surface area contributed by atoms with E-state index in [1.807, 2.05) is 0 Å². The molecule has 2 unspecified atom stereocenters. The molecule has 1 aliphatic rings. The van der Waals surface area contributed by atoms with Crippen molar-refractivity contribution in [1.82, 2.24) is 5.32 Å². The number of ether oxygens (including phenoxy) is 2. The van der Waals surface area contributed by atoms with Crippen LogP contribution in [-0.4, -0.2) is 41.8 Å². The Morgan fingerprint density at radius 1 is 1.41 bits per heavy atom. The van der Waals surface area contributed by atoms with E-state index in [4.69, 9.17) is 9.47 Å². The van der Waals surface area contributed by atoms with Gasteiger partial charge in [-0.25, -0.2) is 13.6 Å². The maximum absolute atomic E-state index is 13.1. The smallest absolute Gasteiger partial charge is 0.331 e. The lowest BCUT2D eigenvalue weighted by molar-refractivity contribution is -0.148. The van der Waals surface area contributed by atoms with Gasteiger partial charge >= 0.3 is 5.97 Å². The van der Waals surface area contributed by atoms with E-state index in [2.05, 4.69) is 5.32 Å². The van der Waals surface area contributed by atoms with Gasteiger partial charge in [0.15, 0.2) is 23.3 Å². The Balaban J connectivity index is 2.02. The van der Waals surface area contributed by atoms with Crippen LogP contribution in [0.15, 0.2) is 18.2 Å². The maximum Gasteiger partial charge on any atom is 0.331 e. The Labute approximate surface area is 125 Å². The fraction of sp³-hybridized carbons (Fsp3) is 0.429. The minimum Gasteiger partial charge on any atom is -0.481 e. The SMILES string of the molecule is CC(Oc1ccc(F)c(F)c1)C(=O)NC1(C(=O)O)CCOC1. The highest BCUT2D eigenvalue weighted by atomic mass is 19.2. The normalized spacial score (nSPS) is 22.1. The number of amides is 1. The predicted octanol–water partition coefficient (Wildman–Crippen LogP) is 1.09. The predicted molar refractivity (Wildman–Crippen MR) is 70.4 cm³/mol. The van der Waals surface area contributed by atoms with E-state index in [0.717, 1.165) is 12.1 Å². The van der Waals surface area contributed by atoms with E-state index in [-0.39, 0.29) is 25.4 Å². The van der Waals surface area contributed by atoms with Crippen molar-refractivity contribution in [2.75, 3.05) is 13.2 Å². The first-order valence-corrected chi connectivity index (χ1v) is 6.59. The molecule has 1 fully saturated rings. The van der Waals surface area contributed by atoms with Crippen LogP contribution in [-0.2, 0) is 14.3 Å². The van der Waals surface area contributed by atoms with Gasteiger partial charge in [0.25, 0.3) is 5.91 Å². The Kier molecular flexibility index (Phi) is 4.60. The molecule has 1 saturated heterocycles. The number of carbonyl (C=O) groups is 2. The van der Waals surface area contributed by atoms with Crippen molar-refractivity contribution >= 4 is 11.9 Å². The summed E-state index contributed by atoms with van der Waals surface area (Å²) in [7, 11) is 0. The zero-order valence-corrected chi connectivity index (χ0v) is 11.8. The summed E-state index contributed by atoms with van der Waals surface area (Å²) in [5.41, 5.74) is -1.48. The van der Waals surface area contributed by atoms with E-state index in [1.54, 1.807) is 0 Å². The van der Waals surface area contributed by atoms with Crippen molar-refractivity contribution in [2.24, 2.45) is 0 Å². The van der Waals surface area contributed by atoms with Crippen LogP contribution in [0.1, 0.15) is 13.3 Å². The monoisotopic (exact) mass is 315 g/mol. The van der Waals surface area contributed by atoms with Crippen LogP contribution in [0.5, 0.6) is 5.75 Å². The van der Waals surface area contributed by atoms with Crippen LogP contribution < -0.4 is 10.1 Å². The highest BCUT2D eigenvalue weighted by Crippen LogP contribution is 2.20. The average molecular weight is 315 g/mol. The van der Waals surface area contributed by atoms with E-state index < -0.39 is 35.2 Å². The largest absolute Gasteiger partial charge is 0.481 e. The number of halogens is 2. The molecule has 2 rings (SSSR count). The van der Waals surface area contributed by atoms with Gasteiger partial charge < -0.3 is 19.9 Å². The van der Waals surface area contributed by atoms with E-state index in [1.165, 1.54) is 13.0 Å². The highest BCUT2D eigenvalue weighted by Gasteiger charge is 2.44.